The van der Waals surface area contributed by atoms with Crippen LogP contribution in [0.3, 0.4) is 0 Å². The molecule has 0 bridgehead atoms. The van der Waals surface area contributed by atoms with Gasteiger partial charge in [-0.3, -0.25) is 0 Å². The lowest BCUT2D eigenvalue weighted by molar-refractivity contribution is 1.15. The van der Waals surface area contributed by atoms with Crippen LogP contribution >= 0.6 is 0 Å². The summed E-state index contributed by atoms with van der Waals surface area (Å²) >= 11 is 0. The molecular weight excluding hydrogens is 763 g/mol. The summed E-state index contributed by atoms with van der Waals surface area (Å²) < 4.78 is 7.30. The number of hydrogen-bond acceptors (Lipinski definition) is 0. The molecule has 14 rings (SSSR count). The van der Waals surface area contributed by atoms with E-state index in [1.54, 1.807) is 0 Å². The van der Waals surface area contributed by atoms with Crippen LogP contribution in [0, 0.1) is 0 Å². The lowest BCUT2D eigenvalue weighted by Crippen LogP contribution is -1.98. The third kappa shape index (κ3) is 4.85. The Labute approximate surface area is 362 Å². The van der Waals surface area contributed by atoms with Crippen molar-refractivity contribution in [3.8, 4) is 28.2 Å². The smallest absolute Gasteiger partial charge is 0.0626 e. The summed E-state index contributed by atoms with van der Waals surface area (Å²) in [5.74, 6) is 0. The van der Waals surface area contributed by atoms with Gasteiger partial charge in [-0.1, -0.05) is 146 Å². The highest BCUT2D eigenvalue weighted by atomic mass is 15.0. The molecule has 14 aromatic rings. The minimum atomic E-state index is 1.13. The zero-order valence-electron chi connectivity index (χ0n) is 34.2. The third-order valence-electron chi connectivity index (χ3n) is 13.6. The van der Waals surface area contributed by atoms with Crippen molar-refractivity contribution in [2.45, 2.75) is 0 Å². The maximum absolute atomic E-state index is 2.49. The van der Waals surface area contributed by atoms with E-state index >= 15 is 0 Å². The molecule has 0 aliphatic heterocycles. The monoisotopic (exact) mass is 799 g/mol. The van der Waals surface area contributed by atoms with Crippen molar-refractivity contribution in [3.63, 3.8) is 0 Å². The zero-order valence-corrected chi connectivity index (χ0v) is 34.2. The van der Waals surface area contributed by atoms with E-state index < -0.39 is 0 Å². The van der Waals surface area contributed by atoms with Crippen molar-refractivity contribution in [1.29, 1.82) is 0 Å². The van der Waals surface area contributed by atoms with Crippen LogP contribution in [0.25, 0.3) is 126 Å². The third-order valence-corrected chi connectivity index (χ3v) is 13.6. The van der Waals surface area contributed by atoms with Gasteiger partial charge in [0.25, 0.3) is 0 Å². The normalized spacial score (nSPS) is 12.1. The van der Waals surface area contributed by atoms with Gasteiger partial charge in [-0.25, -0.2) is 0 Å². The second-order valence-corrected chi connectivity index (χ2v) is 16.9. The molecule has 3 heterocycles. The minimum Gasteiger partial charge on any atom is -0.309 e. The van der Waals surface area contributed by atoms with Gasteiger partial charge in [0.15, 0.2) is 0 Å². The van der Waals surface area contributed by atoms with Crippen molar-refractivity contribution in [2.24, 2.45) is 0 Å². The molecule has 3 aromatic heterocycles. The Morgan fingerprint density at radius 1 is 0.222 bits per heavy atom. The van der Waals surface area contributed by atoms with Crippen LogP contribution in [-0.4, -0.2) is 13.7 Å². The number of aromatic nitrogens is 3. The Hall–Kier alpha value is -8.40. The van der Waals surface area contributed by atoms with Crippen LogP contribution in [0.4, 0.5) is 0 Å². The Morgan fingerprint density at radius 3 is 1.25 bits per heavy atom. The summed E-state index contributed by atoms with van der Waals surface area (Å²) in [5, 5.41) is 15.3. The molecule has 0 unspecified atom stereocenters. The molecule has 63 heavy (non-hydrogen) atoms. The second-order valence-electron chi connectivity index (χ2n) is 16.9. The Balaban J connectivity index is 0.939. The van der Waals surface area contributed by atoms with Gasteiger partial charge < -0.3 is 13.7 Å². The molecular formula is C60H37N3. The summed E-state index contributed by atoms with van der Waals surface area (Å²) in [5.41, 5.74) is 13.1. The van der Waals surface area contributed by atoms with E-state index in [-0.39, 0.29) is 0 Å². The van der Waals surface area contributed by atoms with E-state index in [1.807, 2.05) is 0 Å². The van der Waals surface area contributed by atoms with Gasteiger partial charge in [-0.2, -0.15) is 0 Å². The maximum atomic E-state index is 2.49. The summed E-state index contributed by atoms with van der Waals surface area (Å²) in [7, 11) is 0. The van der Waals surface area contributed by atoms with Gasteiger partial charge in [0, 0.05) is 54.8 Å². The molecule has 0 saturated carbocycles. The molecule has 3 nitrogen and oxygen atoms in total. The average Bonchev–Trinajstić information content (AvgIpc) is 4.00. The lowest BCUT2D eigenvalue weighted by atomic mass is 9.93. The molecule has 11 aromatic carbocycles. The van der Waals surface area contributed by atoms with E-state index in [1.165, 1.54) is 115 Å². The number of nitrogens with zero attached hydrogens (tertiary/aromatic N) is 3. The first-order chi connectivity index (χ1) is 31.3. The van der Waals surface area contributed by atoms with Crippen LogP contribution < -0.4 is 0 Å². The minimum absolute atomic E-state index is 1.13. The van der Waals surface area contributed by atoms with Crippen LogP contribution in [0.15, 0.2) is 224 Å². The van der Waals surface area contributed by atoms with Crippen LogP contribution in [-0.2, 0) is 0 Å². The number of rotatable bonds is 4. The first kappa shape index (κ1) is 34.3. The highest BCUT2D eigenvalue weighted by molar-refractivity contribution is 6.36. The topological polar surface area (TPSA) is 14.8 Å². The zero-order chi connectivity index (χ0) is 41.2. The van der Waals surface area contributed by atoms with Crippen molar-refractivity contribution >= 4 is 97.7 Å². The summed E-state index contributed by atoms with van der Waals surface area (Å²) in [6.45, 7) is 0. The number of fused-ring (bicyclic) bond motifs is 16. The fraction of sp³-hybridized carbons (Fsp3) is 0. The molecule has 0 atom stereocenters. The van der Waals surface area contributed by atoms with Crippen LogP contribution in [0.1, 0.15) is 0 Å². The van der Waals surface area contributed by atoms with Gasteiger partial charge in [0.2, 0.25) is 0 Å². The standard InChI is InChI=1S/C60H37N3/c1-2-15-41(16-3-1)61-53-23-11-8-18-45(53)51-36-39(27-34-56(51)61)40-28-35-57-52(37-40)46-19-9-12-24-54(46)62(57)42-29-31-43(32-30-42)63-55-25-13-10-22-49(55)59-48-21-7-6-20-47(48)58-44-17-5-4-14-38(44)26-33-50(58)60(59)63/h1-37H. The molecule has 0 amide bonds. The SMILES string of the molecule is c1ccc(-n2c3ccccc3c3cc(-c4ccc5c(c4)c4ccccc4n5-c4ccc(-n5c6ccccc6c6c7ccccc7c7c8ccccc8ccc7c65)cc4)ccc32)cc1. The lowest BCUT2D eigenvalue weighted by Gasteiger charge is -2.15. The maximum Gasteiger partial charge on any atom is 0.0626 e. The fourth-order valence-corrected chi connectivity index (χ4v) is 10.9. The fourth-order valence-electron chi connectivity index (χ4n) is 10.9. The van der Waals surface area contributed by atoms with Gasteiger partial charge in [-0.15, -0.1) is 0 Å². The van der Waals surface area contributed by atoms with E-state index in [0.717, 1.165) is 11.4 Å². The average molecular weight is 800 g/mol. The number of hydrogen-bond donors (Lipinski definition) is 0. The molecule has 292 valence electrons. The second kappa shape index (κ2) is 13.1. The molecule has 0 spiro atoms. The molecule has 0 N–H and O–H groups in total. The summed E-state index contributed by atoms with van der Waals surface area (Å²) in [4.78, 5) is 0. The highest BCUT2D eigenvalue weighted by Crippen LogP contribution is 2.45. The van der Waals surface area contributed by atoms with Crippen molar-refractivity contribution in [2.75, 3.05) is 0 Å². The Morgan fingerprint density at radius 2 is 0.651 bits per heavy atom. The molecule has 0 radical (unpaired) electrons. The highest BCUT2D eigenvalue weighted by Gasteiger charge is 2.21. The Bertz CT molecular complexity index is 4180. The first-order valence-corrected chi connectivity index (χ1v) is 21.8. The van der Waals surface area contributed by atoms with E-state index in [0.29, 0.717) is 0 Å². The first-order valence-electron chi connectivity index (χ1n) is 21.8. The van der Waals surface area contributed by atoms with Crippen molar-refractivity contribution in [1.82, 2.24) is 13.7 Å². The van der Waals surface area contributed by atoms with Crippen LogP contribution in [0.2, 0.25) is 0 Å². The van der Waals surface area contributed by atoms with Gasteiger partial charge in [0.1, 0.15) is 0 Å². The number of benzene rings is 11. The number of para-hydroxylation sites is 4. The predicted molar refractivity (Wildman–Crippen MR) is 267 cm³/mol. The Kier molecular flexibility index (Phi) is 7.11. The van der Waals surface area contributed by atoms with Gasteiger partial charge in [-0.05, 0) is 117 Å². The quantitative estimate of drug-likeness (QED) is 0.158. The molecule has 0 fully saturated rings. The largest absolute Gasteiger partial charge is 0.309 e. The molecule has 0 aliphatic rings. The molecule has 3 heteroatoms. The van der Waals surface area contributed by atoms with Gasteiger partial charge in [0.05, 0.1) is 33.1 Å². The van der Waals surface area contributed by atoms with Gasteiger partial charge >= 0.3 is 0 Å². The van der Waals surface area contributed by atoms with Crippen molar-refractivity contribution in [3.05, 3.63) is 224 Å². The van der Waals surface area contributed by atoms with Crippen molar-refractivity contribution < 1.29 is 0 Å². The molecule has 0 aliphatic carbocycles. The van der Waals surface area contributed by atoms with E-state index in [4.69, 9.17) is 0 Å². The van der Waals surface area contributed by atoms with E-state index in [2.05, 4.69) is 238 Å². The summed E-state index contributed by atoms with van der Waals surface area (Å²) in [6.07, 6.45) is 0. The van der Waals surface area contributed by atoms with E-state index in [9.17, 15) is 0 Å². The summed E-state index contributed by atoms with van der Waals surface area (Å²) in [6, 6.07) is 82.7. The predicted octanol–water partition coefficient (Wildman–Crippen LogP) is 16.1. The van der Waals surface area contributed by atoms with Crippen LogP contribution in [0.5, 0.6) is 0 Å². The molecule has 0 saturated heterocycles.